The normalized spacial score (nSPS) is 10.1. The molecule has 18 heavy (non-hydrogen) atoms. The van der Waals surface area contributed by atoms with E-state index in [-0.39, 0.29) is 16.5 Å². The van der Waals surface area contributed by atoms with Gasteiger partial charge in [0.1, 0.15) is 5.75 Å². The Morgan fingerprint density at radius 2 is 2.17 bits per heavy atom. The predicted molar refractivity (Wildman–Crippen MR) is 70.0 cm³/mol. The van der Waals surface area contributed by atoms with Crippen LogP contribution in [0.25, 0.3) is 0 Å². The maximum Gasteiger partial charge on any atom is 0.324 e. The molecule has 7 heteroatoms. The standard InChI is InChI=1S/C11H8ClFN2O2S/c12-6-4-8(7(13)5-9(6)16)14-11(17)15-10-2-1-3-18-10/h1-5,16H,(H2,14,15,17). The highest BCUT2D eigenvalue weighted by molar-refractivity contribution is 7.14. The smallest absolute Gasteiger partial charge is 0.324 e. The molecule has 1 aromatic carbocycles. The summed E-state index contributed by atoms with van der Waals surface area (Å²) in [6.45, 7) is 0. The summed E-state index contributed by atoms with van der Waals surface area (Å²) in [6.07, 6.45) is 0. The molecule has 0 unspecified atom stereocenters. The van der Waals surface area contributed by atoms with E-state index in [9.17, 15) is 9.18 Å². The van der Waals surface area contributed by atoms with Crippen molar-refractivity contribution in [2.45, 2.75) is 0 Å². The first kappa shape index (κ1) is 12.7. The highest BCUT2D eigenvalue weighted by atomic mass is 35.5. The Kier molecular flexibility index (Phi) is 3.69. The van der Waals surface area contributed by atoms with Gasteiger partial charge in [0.05, 0.1) is 15.7 Å². The van der Waals surface area contributed by atoms with Gasteiger partial charge >= 0.3 is 6.03 Å². The third-order valence-corrected chi connectivity index (χ3v) is 3.13. The number of aromatic hydroxyl groups is 1. The number of rotatable bonds is 2. The first-order valence-electron chi connectivity index (χ1n) is 4.86. The van der Waals surface area contributed by atoms with E-state index in [1.54, 1.807) is 17.5 Å². The summed E-state index contributed by atoms with van der Waals surface area (Å²) in [6, 6.07) is 4.88. The van der Waals surface area contributed by atoms with Crippen LogP contribution in [0.3, 0.4) is 0 Å². The second kappa shape index (κ2) is 5.24. The fourth-order valence-corrected chi connectivity index (χ4v) is 2.02. The number of amides is 2. The van der Waals surface area contributed by atoms with Crippen LogP contribution in [-0.4, -0.2) is 11.1 Å². The number of halogens is 2. The van der Waals surface area contributed by atoms with Crippen molar-refractivity contribution in [2.75, 3.05) is 10.6 Å². The number of carbonyl (C=O) groups is 1. The molecule has 0 aliphatic carbocycles. The van der Waals surface area contributed by atoms with E-state index in [0.717, 1.165) is 12.1 Å². The second-order valence-corrected chi connectivity index (χ2v) is 4.69. The molecule has 4 nitrogen and oxygen atoms in total. The average Bonchev–Trinajstić information content (AvgIpc) is 2.78. The van der Waals surface area contributed by atoms with E-state index in [0.29, 0.717) is 5.00 Å². The molecule has 0 aliphatic heterocycles. The number of phenols is 1. The largest absolute Gasteiger partial charge is 0.506 e. The molecule has 0 aliphatic rings. The van der Waals surface area contributed by atoms with Crippen molar-refractivity contribution in [3.63, 3.8) is 0 Å². The molecule has 1 heterocycles. The van der Waals surface area contributed by atoms with Crippen molar-refractivity contribution in [3.8, 4) is 5.75 Å². The number of benzene rings is 1. The van der Waals surface area contributed by atoms with Crippen molar-refractivity contribution in [2.24, 2.45) is 0 Å². The minimum absolute atomic E-state index is 0.0391. The number of phenolic OH excluding ortho intramolecular Hbond substituents is 1. The summed E-state index contributed by atoms with van der Waals surface area (Å²) in [5.74, 6) is -1.14. The SMILES string of the molecule is O=C(Nc1cccs1)Nc1cc(Cl)c(O)cc1F. The van der Waals surface area contributed by atoms with Crippen LogP contribution in [0.5, 0.6) is 5.75 Å². The molecule has 2 aromatic rings. The number of nitrogens with one attached hydrogen (secondary N) is 2. The van der Waals surface area contributed by atoms with Gasteiger partial charge in [-0.3, -0.25) is 5.32 Å². The quantitative estimate of drug-likeness (QED) is 0.734. The van der Waals surface area contributed by atoms with Crippen LogP contribution >= 0.6 is 22.9 Å². The lowest BCUT2D eigenvalue weighted by Gasteiger charge is -2.08. The van der Waals surface area contributed by atoms with E-state index < -0.39 is 11.8 Å². The molecule has 2 amide bonds. The number of thiophene rings is 1. The van der Waals surface area contributed by atoms with E-state index in [4.69, 9.17) is 16.7 Å². The number of hydrogen-bond donors (Lipinski definition) is 3. The van der Waals surface area contributed by atoms with Crippen molar-refractivity contribution in [1.82, 2.24) is 0 Å². The van der Waals surface area contributed by atoms with Gasteiger partial charge in [0.25, 0.3) is 0 Å². The van der Waals surface area contributed by atoms with Gasteiger partial charge < -0.3 is 10.4 Å². The van der Waals surface area contributed by atoms with Gasteiger partial charge in [0.15, 0.2) is 5.82 Å². The van der Waals surface area contributed by atoms with E-state index in [1.165, 1.54) is 11.3 Å². The van der Waals surface area contributed by atoms with E-state index in [2.05, 4.69) is 10.6 Å². The summed E-state index contributed by atoms with van der Waals surface area (Å²) in [5, 5.41) is 16.4. The molecular formula is C11H8ClFN2O2S. The van der Waals surface area contributed by atoms with Gasteiger partial charge in [-0.05, 0) is 23.6 Å². The molecule has 94 valence electrons. The fraction of sp³-hybridized carbons (Fsp3) is 0. The Bertz CT molecular complexity index is 575. The molecule has 0 atom stereocenters. The molecular weight excluding hydrogens is 279 g/mol. The second-order valence-electron chi connectivity index (χ2n) is 3.34. The molecule has 2 rings (SSSR count). The van der Waals surface area contributed by atoms with Crippen molar-refractivity contribution in [3.05, 3.63) is 40.5 Å². The Morgan fingerprint density at radius 1 is 1.39 bits per heavy atom. The van der Waals surface area contributed by atoms with Crippen LogP contribution in [0.15, 0.2) is 29.6 Å². The summed E-state index contributed by atoms with van der Waals surface area (Å²) >= 11 is 6.97. The third kappa shape index (κ3) is 2.91. The number of urea groups is 1. The van der Waals surface area contributed by atoms with E-state index >= 15 is 0 Å². The molecule has 0 radical (unpaired) electrons. The van der Waals surface area contributed by atoms with Gasteiger partial charge in [-0.2, -0.15) is 0 Å². The van der Waals surface area contributed by atoms with Crippen LogP contribution in [0.2, 0.25) is 5.02 Å². The maximum atomic E-state index is 13.4. The summed E-state index contributed by atoms with van der Waals surface area (Å²) < 4.78 is 13.4. The number of hydrogen-bond acceptors (Lipinski definition) is 3. The van der Waals surface area contributed by atoms with Crippen LogP contribution in [0.1, 0.15) is 0 Å². The lowest BCUT2D eigenvalue weighted by molar-refractivity contribution is 0.262. The van der Waals surface area contributed by atoms with Crippen LogP contribution in [0, 0.1) is 5.82 Å². The van der Waals surface area contributed by atoms with E-state index in [1.807, 2.05) is 0 Å². The Morgan fingerprint density at radius 3 is 2.83 bits per heavy atom. The van der Waals surface area contributed by atoms with Gasteiger partial charge in [-0.25, -0.2) is 9.18 Å². The Hall–Kier alpha value is -1.79. The zero-order valence-electron chi connectivity index (χ0n) is 8.91. The topological polar surface area (TPSA) is 61.4 Å². The minimum Gasteiger partial charge on any atom is -0.506 e. The molecule has 0 saturated carbocycles. The summed E-state index contributed by atoms with van der Waals surface area (Å²) in [5.41, 5.74) is -0.105. The number of carbonyl (C=O) groups excluding carboxylic acids is 1. The third-order valence-electron chi connectivity index (χ3n) is 2.04. The summed E-state index contributed by atoms with van der Waals surface area (Å²) in [7, 11) is 0. The van der Waals surface area contributed by atoms with Crippen molar-refractivity contribution >= 4 is 39.7 Å². The fourth-order valence-electron chi connectivity index (χ4n) is 1.25. The number of anilines is 2. The van der Waals surface area contributed by atoms with Crippen molar-refractivity contribution < 1.29 is 14.3 Å². The first-order valence-corrected chi connectivity index (χ1v) is 6.11. The first-order chi connectivity index (χ1) is 8.56. The molecule has 3 N–H and O–H groups in total. The van der Waals surface area contributed by atoms with Gasteiger partial charge in [0, 0.05) is 6.07 Å². The monoisotopic (exact) mass is 286 g/mol. The molecule has 0 fully saturated rings. The van der Waals surface area contributed by atoms with Gasteiger partial charge in [-0.15, -0.1) is 11.3 Å². The molecule has 0 spiro atoms. The Labute approximate surface area is 111 Å². The Balaban J connectivity index is 2.09. The predicted octanol–water partition coefficient (Wildman–Crippen LogP) is 3.89. The van der Waals surface area contributed by atoms with Crippen LogP contribution in [-0.2, 0) is 0 Å². The zero-order chi connectivity index (χ0) is 13.1. The van der Waals surface area contributed by atoms with Crippen LogP contribution < -0.4 is 10.6 Å². The lowest BCUT2D eigenvalue weighted by atomic mass is 10.3. The van der Waals surface area contributed by atoms with Crippen LogP contribution in [0.4, 0.5) is 19.9 Å². The highest BCUT2D eigenvalue weighted by Crippen LogP contribution is 2.29. The average molecular weight is 287 g/mol. The molecule has 1 aromatic heterocycles. The molecule has 0 saturated heterocycles. The zero-order valence-corrected chi connectivity index (χ0v) is 10.5. The lowest BCUT2D eigenvalue weighted by Crippen LogP contribution is -2.19. The van der Waals surface area contributed by atoms with Crippen molar-refractivity contribution in [1.29, 1.82) is 0 Å². The van der Waals surface area contributed by atoms with Gasteiger partial charge in [-0.1, -0.05) is 11.6 Å². The minimum atomic E-state index is -0.766. The summed E-state index contributed by atoms with van der Waals surface area (Å²) in [4.78, 5) is 11.5. The maximum absolute atomic E-state index is 13.4. The molecule has 0 bridgehead atoms. The highest BCUT2D eigenvalue weighted by Gasteiger charge is 2.11. The van der Waals surface area contributed by atoms with Gasteiger partial charge in [0.2, 0.25) is 0 Å².